The lowest BCUT2D eigenvalue weighted by atomic mass is 9.98. The molecule has 1 aliphatic heterocycles. The molecule has 1 heterocycles. The quantitative estimate of drug-likeness (QED) is 0.864. The molecule has 21 heavy (non-hydrogen) atoms. The predicted octanol–water partition coefficient (Wildman–Crippen LogP) is 3.33. The highest BCUT2D eigenvalue weighted by Gasteiger charge is 2.21. The van der Waals surface area contributed by atoms with Crippen molar-refractivity contribution in [2.45, 2.75) is 18.8 Å². The molecule has 3 rings (SSSR count). The van der Waals surface area contributed by atoms with Crippen LogP contribution in [0.1, 0.15) is 27.0 Å². The summed E-state index contributed by atoms with van der Waals surface area (Å²) in [6, 6.07) is 12.8. The largest absolute Gasteiger partial charge is 0.508 e. The molecular weight excluding hydrogens is 286 g/mol. The second-order valence-electron chi connectivity index (χ2n) is 5.26. The van der Waals surface area contributed by atoms with Gasteiger partial charge in [0, 0.05) is 24.5 Å². The number of hydrogen-bond donors (Lipinski definition) is 1. The number of nitrogens with zero attached hydrogens (tertiary/aromatic N) is 1. The summed E-state index contributed by atoms with van der Waals surface area (Å²) in [4.78, 5) is 14.3. The van der Waals surface area contributed by atoms with Crippen LogP contribution in [0.5, 0.6) is 5.75 Å². The zero-order valence-corrected chi connectivity index (χ0v) is 12.3. The summed E-state index contributed by atoms with van der Waals surface area (Å²) in [5.74, 6) is 0.713. The summed E-state index contributed by atoms with van der Waals surface area (Å²) >= 11 is 5.76. The zero-order chi connectivity index (χ0) is 14.8. The molecule has 4 heteroatoms. The minimum atomic E-state index is 0.0186. The van der Waals surface area contributed by atoms with Gasteiger partial charge in [0.2, 0.25) is 0 Å². The fourth-order valence-electron chi connectivity index (χ4n) is 2.64. The molecule has 0 unspecified atom stereocenters. The first-order chi connectivity index (χ1) is 10.2. The molecule has 3 nitrogen and oxygen atoms in total. The van der Waals surface area contributed by atoms with Gasteiger partial charge in [0.05, 0.1) is 0 Å². The Bertz CT molecular complexity index is 667. The van der Waals surface area contributed by atoms with E-state index in [1.54, 1.807) is 12.1 Å². The van der Waals surface area contributed by atoms with Crippen molar-refractivity contribution in [3.63, 3.8) is 0 Å². The average Bonchev–Trinajstić information content (AvgIpc) is 2.53. The summed E-state index contributed by atoms with van der Waals surface area (Å²) in [5.41, 5.74) is 3.90. The number of phenols is 1. The van der Waals surface area contributed by atoms with Gasteiger partial charge in [-0.05, 0) is 47.4 Å². The molecule has 0 aromatic heterocycles. The Morgan fingerprint density at radius 3 is 2.62 bits per heavy atom. The van der Waals surface area contributed by atoms with Crippen molar-refractivity contribution in [1.82, 2.24) is 4.90 Å². The number of carbonyl (C=O) groups is 1. The van der Waals surface area contributed by atoms with Gasteiger partial charge in [-0.15, -0.1) is 11.6 Å². The first-order valence-corrected chi connectivity index (χ1v) is 7.46. The average molecular weight is 302 g/mol. The number of phenolic OH excluding ortho intramolecular Hbond substituents is 1. The predicted molar refractivity (Wildman–Crippen MR) is 82.6 cm³/mol. The Labute approximate surface area is 128 Å². The number of benzene rings is 2. The van der Waals surface area contributed by atoms with E-state index in [1.807, 2.05) is 35.2 Å². The molecule has 0 atom stereocenters. The molecule has 0 saturated carbocycles. The molecule has 1 amide bonds. The van der Waals surface area contributed by atoms with Crippen molar-refractivity contribution in [2.75, 3.05) is 6.54 Å². The van der Waals surface area contributed by atoms with E-state index in [0.717, 1.165) is 17.5 Å². The first-order valence-electron chi connectivity index (χ1n) is 6.92. The van der Waals surface area contributed by atoms with E-state index in [-0.39, 0.29) is 11.7 Å². The van der Waals surface area contributed by atoms with E-state index < -0.39 is 0 Å². The molecule has 0 spiro atoms. The van der Waals surface area contributed by atoms with Crippen molar-refractivity contribution in [3.05, 3.63) is 64.7 Å². The smallest absolute Gasteiger partial charge is 0.254 e. The number of rotatable bonds is 2. The van der Waals surface area contributed by atoms with Crippen LogP contribution < -0.4 is 0 Å². The normalized spacial score (nSPS) is 13.9. The van der Waals surface area contributed by atoms with E-state index in [0.29, 0.717) is 24.5 Å². The summed E-state index contributed by atoms with van der Waals surface area (Å²) in [5, 5.41) is 9.57. The number of hydrogen-bond acceptors (Lipinski definition) is 2. The van der Waals surface area contributed by atoms with Crippen LogP contribution in [0.2, 0.25) is 0 Å². The van der Waals surface area contributed by atoms with Gasteiger partial charge in [0.25, 0.3) is 5.91 Å². The third kappa shape index (κ3) is 2.88. The first kappa shape index (κ1) is 14.0. The van der Waals surface area contributed by atoms with Crippen LogP contribution >= 0.6 is 11.6 Å². The highest BCUT2D eigenvalue weighted by molar-refractivity contribution is 6.17. The van der Waals surface area contributed by atoms with Gasteiger partial charge in [-0.25, -0.2) is 0 Å². The van der Waals surface area contributed by atoms with Crippen LogP contribution in [0, 0.1) is 0 Å². The maximum absolute atomic E-state index is 12.5. The molecule has 2 aromatic rings. The van der Waals surface area contributed by atoms with Crippen LogP contribution in [-0.4, -0.2) is 22.5 Å². The second kappa shape index (κ2) is 5.78. The number of fused-ring (bicyclic) bond motifs is 1. The molecule has 1 aliphatic rings. The minimum Gasteiger partial charge on any atom is -0.508 e. The van der Waals surface area contributed by atoms with Crippen LogP contribution in [0.25, 0.3) is 0 Å². The fraction of sp³-hybridized carbons (Fsp3) is 0.235. The Hall–Kier alpha value is -2.00. The summed E-state index contributed by atoms with van der Waals surface area (Å²) in [6.45, 7) is 1.24. The minimum absolute atomic E-state index is 0.0186. The van der Waals surface area contributed by atoms with Crippen molar-refractivity contribution in [3.8, 4) is 5.75 Å². The molecule has 2 aromatic carbocycles. The second-order valence-corrected chi connectivity index (χ2v) is 5.53. The Morgan fingerprint density at radius 2 is 1.90 bits per heavy atom. The fourth-order valence-corrected chi connectivity index (χ4v) is 2.81. The zero-order valence-electron chi connectivity index (χ0n) is 11.6. The van der Waals surface area contributed by atoms with Crippen LogP contribution in [0.15, 0.2) is 42.5 Å². The molecule has 0 radical (unpaired) electrons. The van der Waals surface area contributed by atoms with Crippen LogP contribution in [-0.2, 0) is 18.8 Å². The Balaban J connectivity index is 1.79. The lowest BCUT2D eigenvalue weighted by Gasteiger charge is -2.29. The van der Waals surface area contributed by atoms with Gasteiger partial charge >= 0.3 is 0 Å². The lowest BCUT2D eigenvalue weighted by molar-refractivity contribution is 0.0734. The SMILES string of the molecule is O=C(c1ccc(CCl)cc1)N1CCc2ccc(O)cc2C1. The number of carbonyl (C=O) groups excluding carboxylic acids is 1. The van der Waals surface area contributed by atoms with Crippen molar-refractivity contribution < 1.29 is 9.90 Å². The number of aromatic hydroxyl groups is 1. The number of alkyl halides is 1. The van der Waals surface area contributed by atoms with Gasteiger partial charge < -0.3 is 10.0 Å². The van der Waals surface area contributed by atoms with E-state index >= 15 is 0 Å². The third-order valence-corrected chi connectivity index (χ3v) is 4.15. The molecular formula is C17H16ClNO2. The molecule has 0 fully saturated rings. The maximum Gasteiger partial charge on any atom is 0.254 e. The summed E-state index contributed by atoms with van der Waals surface area (Å²) in [6.07, 6.45) is 0.821. The Morgan fingerprint density at radius 1 is 1.14 bits per heavy atom. The van der Waals surface area contributed by atoms with E-state index in [1.165, 1.54) is 5.56 Å². The topological polar surface area (TPSA) is 40.5 Å². The van der Waals surface area contributed by atoms with Crippen LogP contribution in [0.3, 0.4) is 0 Å². The number of halogens is 1. The summed E-state index contributed by atoms with van der Waals surface area (Å²) < 4.78 is 0. The van der Waals surface area contributed by atoms with Gasteiger partial charge in [-0.1, -0.05) is 18.2 Å². The molecule has 0 aliphatic carbocycles. The maximum atomic E-state index is 12.5. The molecule has 108 valence electrons. The van der Waals surface area contributed by atoms with Gasteiger partial charge in [0.1, 0.15) is 5.75 Å². The van der Waals surface area contributed by atoms with Gasteiger partial charge in [-0.3, -0.25) is 4.79 Å². The van der Waals surface area contributed by atoms with Gasteiger partial charge in [0.15, 0.2) is 0 Å². The van der Waals surface area contributed by atoms with Gasteiger partial charge in [-0.2, -0.15) is 0 Å². The van der Waals surface area contributed by atoms with Crippen LogP contribution in [0.4, 0.5) is 0 Å². The standard InChI is InChI=1S/C17H16ClNO2/c18-10-12-1-3-14(4-2-12)17(21)19-8-7-13-5-6-16(20)9-15(13)11-19/h1-6,9,20H,7-8,10-11H2. The van der Waals surface area contributed by atoms with Crippen molar-refractivity contribution >= 4 is 17.5 Å². The van der Waals surface area contributed by atoms with E-state index in [9.17, 15) is 9.90 Å². The number of amides is 1. The van der Waals surface area contributed by atoms with Crippen molar-refractivity contribution in [1.29, 1.82) is 0 Å². The summed E-state index contributed by atoms with van der Waals surface area (Å²) in [7, 11) is 0. The molecule has 0 bridgehead atoms. The lowest BCUT2D eigenvalue weighted by Crippen LogP contribution is -2.35. The molecule has 0 saturated heterocycles. The van der Waals surface area contributed by atoms with E-state index in [2.05, 4.69) is 0 Å². The van der Waals surface area contributed by atoms with Crippen molar-refractivity contribution in [2.24, 2.45) is 0 Å². The Kier molecular flexibility index (Phi) is 3.84. The molecule has 1 N–H and O–H groups in total. The monoisotopic (exact) mass is 301 g/mol. The highest BCUT2D eigenvalue weighted by atomic mass is 35.5. The highest BCUT2D eigenvalue weighted by Crippen LogP contribution is 2.24. The third-order valence-electron chi connectivity index (χ3n) is 3.84. The van der Waals surface area contributed by atoms with E-state index in [4.69, 9.17) is 11.6 Å².